The van der Waals surface area contributed by atoms with Crippen molar-refractivity contribution in [1.29, 1.82) is 0 Å². The van der Waals surface area contributed by atoms with Crippen LogP contribution in [0, 0.1) is 0 Å². The largest absolute Gasteiger partial charge is 0.384 e. The predicted octanol–water partition coefficient (Wildman–Crippen LogP) is 2.68. The van der Waals surface area contributed by atoms with Crippen LogP contribution in [0.4, 0.5) is 0 Å². The van der Waals surface area contributed by atoms with Gasteiger partial charge < -0.3 is 5.32 Å². The van der Waals surface area contributed by atoms with Crippen LogP contribution < -0.4 is 5.32 Å². The van der Waals surface area contributed by atoms with Gasteiger partial charge in [0.2, 0.25) is 0 Å². The Hall–Kier alpha value is -1.24. The fourth-order valence-electron chi connectivity index (χ4n) is 2.81. The Morgan fingerprint density at radius 2 is 2.29 bits per heavy atom. The Morgan fingerprint density at radius 1 is 1.36 bits per heavy atom. The van der Waals surface area contributed by atoms with Gasteiger partial charge in [0.1, 0.15) is 0 Å². The molecule has 1 aromatic rings. The number of benzene rings is 1. The Labute approximate surface area is 84.8 Å². The molecule has 0 spiro atoms. The highest BCUT2D eigenvalue weighted by molar-refractivity contribution is 5.69. The predicted molar refractivity (Wildman–Crippen MR) is 59.2 cm³/mol. The zero-order valence-corrected chi connectivity index (χ0v) is 8.34. The van der Waals surface area contributed by atoms with E-state index in [1.807, 2.05) is 0 Å². The van der Waals surface area contributed by atoms with Crippen LogP contribution in [0.2, 0.25) is 0 Å². The summed E-state index contributed by atoms with van der Waals surface area (Å²) in [6.45, 7) is 5.16. The Balaban J connectivity index is 2.24. The molecular weight excluding hydrogens is 170 g/mol. The first-order valence-corrected chi connectivity index (χ1v) is 5.41. The first kappa shape index (κ1) is 8.10. The molecule has 2 aliphatic rings. The lowest BCUT2D eigenvalue weighted by Gasteiger charge is -2.33. The number of hydrogen-bond donors (Lipinski definition) is 1. The molecule has 0 saturated carbocycles. The van der Waals surface area contributed by atoms with Crippen molar-refractivity contribution in [1.82, 2.24) is 5.32 Å². The average Bonchev–Trinajstić information content (AvgIpc) is 2.24. The summed E-state index contributed by atoms with van der Waals surface area (Å²) in [5.74, 6) is 0.737. The topological polar surface area (TPSA) is 12.0 Å². The SMILES string of the molecule is C=C1NC[C@H]2CCCc3cccc1c32. The fourth-order valence-corrected chi connectivity index (χ4v) is 2.81. The van der Waals surface area contributed by atoms with Gasteiger partial charge in [-0.3, -0.25) is 0 Å². The van der Waals surface area contributed by atoms with E-state index in [1.165, 1.54) is 24.8 Å². The van der Waals surface area contributed by atoms with Gasteiger partial charge in [-0.25, -0.2) is 0 Å². The van der Waals surface area contributed by atoms with E-state index in [-0.39, 0.29) is 0 Å². The van der Waals surface area contributed by atoms with Crippen LogP contribution in [0.3, 0.4) is 0 Å². The smallest absolute Gasteiger partial charge is 0.0343 e. The molecule has 72 valence electrons. The second-order valence-corrected chi connectivity index (χ2v) is 4.33. The van der Waals surface area contributed by atoms with Crippen LogP contribution in [0.25, 0.3) is 5.70 Å². The molecule has 1 N–H and O–H groups in total. The Morgan fingerprint density at radius 3 is 3.21 bits per heavy atom. The summed E-state index contributed by atoms with van der Waals surface area (Å²) in [6, 6.07) is 6.64. The zero-order chi connectivity index (χ0) is 9.54. The first-order valence-electron chi connectivity index (χ1n) is 5.41. The van der Waals surface area contributed by atoms with E-state index >= 15 is 0 Å². The monoisotopic (exact) mass is 185 g/mol. The molecule has 0 saturated heterocycles. The molecule has 14 heavy (non-hydrogen) atoms. The van der Waals surface area contributed by atoms with Gasteiger partial charge in [0.05, 0.1) is 0 Å². The summed E-state index contributed by atoms with van der Waals surface area (Å²) < 4.78 is 0. The molecule has 0 amide bonds. The maximum absolute atomic E-state index is 4.08. The number of hydrogen-bond acceptors (Lipinski definition) is 1. The summed E-state index contributed by atoms with van der Waals surface area (Å²) in [6.07, 6.45) is 3.94. The molecule has 0 aromatic heterocycles. The van der Waals surface area contributed by atoms with E-state index in [0.29, 0.717) is 0 Å². The van der Waals surface area contributed by atoms with Gasteiger partial charge in [0, 0.05) is 23.7 Å². The van der Waals surface area contributed by atoms with E-state index in [1.54, 1.807) is 11.1 Å². The lowest BCUT2D eigenvalue weighted by atomic mass is 9.77. The fraction of sp³-hybridized carbons (Fsp3) is 0.385. The first-order chi connectivity index (χ1) is 6.86. The summed E-state index contributed by atoms with van der Waals surface area (Å²) in [7, 11) is 0. The summed E-state index contributed by atoms with van der Waals surface area (Å²) in [5.41, 5.74) is 5.61. The number of nitrogens with one attached hydrogen (secondary N) is 1. The van der Waals surface area contributed by atoms with E-state index in [4.69, 9.17) is 0 Å². The highest BCUT2D eigenvalue weighted by Gasteiger charge is 2.26. The van der Waals surface area contributed by atoms with Crippen LogP contribution in [-0.4, -0.2) is 6.54 Å². The second kappa shape index (κ2) is 2.88. The van der Waals surface area contributed by atoms with Gasteiger partial charge in [-0.2, -0.15) is 0 Å². The van der Waals surface area contributed by atoms with E-state index in [2.05, 4.69) is 30.1 Å². The molecule has 1 aliphatic heterocycles. The van der Waals surface area contributed by atoms with Gasteiger partial charge in [-0.05, 0) is 30.4 Å². The maximum atomic E-state index is 4.08. The molecule has 0 unspecified atom stereocenters. The van der Waals surface area contributed by atoms with Crippen molar-refractivity contribution in [3.63, 3.8) is 0 Å². The molecule has 3 rings (SSSR count). The van der Waals surface area contributed by atoms with E-state index in [0.717, 1.165) is 18.2 Å². The lowest BCUT2D eigenvalue weighted by Crippen LogP contribution is -2.29. The molecule has 1 heteroatoms. The van der Waals surface area contributed by atoms with Crippen LogP contribution in [-0.2, 0) is 6.42 Å². The minimum atomic E-state index is 0.737. The van der Waals surface area contributed by atoms with E-state index < -0.39 is 0 Å². The summed E-state index contributed by atoms with van der Waals surface area (Å²) >= 11 is 0. The number of rotatable bonds is 0. The zero-order valence-electron chi connectivity index (χ0n) is 8.34. The normalized spacial score (nSPS) is 24.0. The third-order valence-corrected chi connectivity index (χ3v) is 3.49. The molecule has 1 atom stereocenters. The quantitative estimate of drug-likeness (QED) is 0.655. The van der Waals surface area contributed by atoms with Crippen molar-refractivity contribution in [2.24, 2.45) is 0 Å². The van der Waals surface area contributed by atoms with Crippen LogP contribution >= 0.6 is 0 Å². The van der Waals surface area contributed by atoms with Crippen molar-refractivity contribution in [3.05, 3.63) is 41.5 Å². The third kappa shape index (κ3) is 1.02. The second-order valence-electron chi connectivity index (χ2n) is 4.33. The molecule has 1 heterocycles. The molecule has 0 fully saturated rings. The van der Waals surface area contributed by atoms with Crippen LogP contribution in [0.5, 0.6) is 0 Å². The summed E-state index contributed by atoms with van der Waals surface area (Å²) in [4.78, 5) is 0. The Kier molecular flexibility index (Phi) is 1.66. The number of aryl methyl sites for hydroxylation is 1. The minimum absolute atomic E-state index is 0.737. The Bertz CT molecular complexity index is 392. The van der Waals surface area contributed by atoms with Crippen molar-refractivity contribution >= 4 is 5.70 Å². The highest BCUT2D eigenvalue weighted by Crippen LogP contribution is 2.38. The molecule has 0 bridgehead atoms. The molecule has 0 radical (unpaired) electrons. The van der Waals surface area contributed by atoms with Crippen LogP contribution in [0.15, 0.2) is 24.8 Å². The minimum Gasteiger partial charge on any atom is -0.384 e. The maximum Gasteiger partial charge on any atom is 0.0343 e. The lowest BCUT2D eigenvalue weighted by molar-refractivity contribution is 0.527. The summed E-state index contributed by atoms with van der Waals surface area (Å²) in [5, 5.41) is 3.41. The van der Waals surface area contributed by atoms with Crippen molar-refractivity contribution in [3.8, 4) is 0 Å². The van der Waals surface area contributed by atoms with Crippen LogP contribution in [0.1, 0.15) is 35.4 Å². The van der Waals surface area contributed by atoms with Gasteiger partial charge in [-0.1, -0.05) is 24.8 Å². The van der Waals surface area contributed by atoms with Gasteiger partial charge in [-0.15, -0.1) is 0 Å². The van der Waals surface area contributed by atoms with Crippen molar-refractivity contribution in [2.75, 3.05) is 6.54 Å². The van der Waals surface area contributed by atoms with Gasteiger partial charge in [0.25, 0.3) is 0 Å². The molecule has 1 aliphatic carbocycles. The molecular formula is C13H15N. The molecule has 1 nitrogen and oxygen atoms in total. The third-order valence-electron chi connectivity index (χ3n) is 3.49. The average molecular weight is 185 g/mol. The van der Waals surface area contributed by atoms with Crippen molar-refractivity contribution in [2.45, 2.75) is 25.2 Å². The highest BCUT2D eigenvalue weighted by atomic mass is 14.9. The van der Waals surface area contributed by atoms with Gasteiger partial charge >= 0.3 is 0 Å². The van der Waals surface area contributed by atoms with Gasteiger partial charge in [0.15, 0.2) is 0 Å². The van der Waals surface area contributed by atoms with E-state index in [9.17, 15) is 0 Å². The van der Waals surface area contributed by atoms with Crippen molar-refractivity contribution < 1.29 is 0 Å². The molecule has 1 aromatic carbocycles. The standard InChI is InChI=1S/C13H15N/c1-9-12-7-3-5-10-4-2-6-11(8-14-9)13(10)12/h3,5,7,11,14H,1-2,4,6,8H2/t11-/m1/s1.